The molecule has 1 saturated carbocycles. The highest BCUT2D eigenvalue weighted by molar-refractivity contribution is 5.09. The van der Waals surface area contributed by atoms with Crippen LogP contribution in [0.2, 0.25) is 0 Å². The first-order valence-corrected chi connectivity index (χ1v) is 7.61. The Hall–Kier alpha value is -0.930. The number of aryl methyl sites for hydroxylation is 1. The van der Waals surface area contributed by atoms with Gasteiger partial charge in [-0.25, -0.2) is 0 Å². The fourth-order valence-corrected chi connectivity index (χ4v) is 2.64. The van der Waals surface area contributed by atoms with E-state index >= 15 is 0 Å². The third kappa shape index (κ3) is 4.59. The molecule has 0 spiro atoms. The minimum atomic E-state index is 0.662. The van der Waals surface area contributed by atoms with Gasteiger partial charge in [-0.05, 0) is 50.9 Å². The van der Waals surface area contributed by atoms with Crippen LogP contribution in [0.4, 0.5) is 0 Å². The monoisotopic (exact) mass is 261 g/mol. The van der Waals surface area contributed by atoms with Gasteiger partial charge < -0.3 is 5.32 Å². The molecule has 3 heteroatoms. The van der Waals surface area contributed by atoms with Gasteiger partial charge in [-0.1, -0.05) is 19.9 Å². The molecule has 0 radical (unpaired) electrons. The van der Waals surface area contributed by atoms with Gasteiger partial charge in [-0.2, -0.15) is 0 Å². The Morgan fingerprint density at radius 1 is 1.37 bits per heavy atom. The van der Waals surface area contributed by atoms with Crippen LogP contribution in [0.5, 0.6) is 0 Å². The molecule has 0 aromatic carbocycles. The third-order valence-electron chi connectivity index (χ3n) is 3.89. The van der Waals surface area contributed by atoms with E-state index in [2.05, 4.69) is 54.2 Å². The van der Waals surface area contributed by atoms with Gasteiger partial charge in [-0.3, -0.25) is 9.88 Å². The molecule has 1 fully saturated rings. The minimum absolute atomic E-state index is 0.662. The van der Waals surface area contributed by atoms with E-state index in [9.17, 15) is 0 Å². The highest BCUT2D eigenvalue weighted by Gasteiger charge is 2.31. The molecule has 0 aliphatic heterocycles. The molecule has 1 aromatic rings. The third-order valence-corrected chi connectivity index (χ3v) is 3.89. The molecule has 1 heterocycles. The lowest BCUT2D eigenvalue weighted by molar-refractivity contribution is 0.232. The van der Waals surface area contributed by atoms with Gasteiger partial charge in [0.05, 0.1) is 5.69 Å². The van der Waals surface area contributed by atoms with Crippen molar-refractivity contribution in [1.82, 2.24) is 15.2 Å². The highest BCUT2D eigenvalue weighted by Crippen LogP contribution is 2.33. The maximum atomic E-state index is 4.61. The molecule has 0 amide bonds. The Balaban J connectivity index is 1.91. The normalized spacial score (nSPS) is 16.8. The number of likely N-dealkylation sites (N-methyl/N-ethyl adjacent to an activating group) is 2. The summed E-state index contributed by atoms with van der Waals surface area (Å²) >= 11 is 0. The zero-order chi connectivity index (χ0) is 13.7. The van der Waals surface area contributed by atoms with Gasteiger partial charge >= 0.3 is 0 Å². The summed E-state index contributed by atoms with van der Waals surface area (Å²) in [6.07, 6.45) is 2.80. The maximum absolute atomic E-state index is 4.61. The van der Waals surface area contributed by atoms with Crippen molar-refractivity contribution in [1.29, 1.82) is 0 Å². The summed E-state index contributed by atoms with van der Waals surface area (Å²) in [5.74, 6) is 0.902. The van der Waals surface area contributed by atoms with Gasteiger partial charge in [-0.15, -0.1) is 0 Å². The fourth-order valence-electron chi connectivity index (χ4n) is 2.64. The number of pyridine rings is 1. The lowest BCUT2D eigenvalue weighted by Crippen LogP contribution is -2.42. The first-order valence-electron chi connectivity index (χ1n) is 7.61. The standard InChI is InChI=1S/C16H27N3/c1-4-17-16(14-9-10-14)12-19(5-2)11-15-8-6-7-13(3)18-15/h6-8,14,16-17H,4-5,9-12H2,1-3H3. The van der Waals surface area contributed by atoms with E-state index < -0.39 is 0 Å². The van der Waals surface area contributed by atoms with E-state index in [1.807, 2.05) is 0 Å². The van der Waals surface area contributed by atoms with E-state index in [0.717, 1.165) is 37.8 Å². The molecule has 3 nitrogen and oxygen atoms in total. The summed E-state index contributed by atoms with van der Waals surface area (Å²) in [5, 5.41) is 3.64. The predicted molar refractivity (Wildman–Crippen MR) is 80.1 cm³/mol. The topological polar surface area (TPSA) is 28.2 Å². The number of aromatic nitrogens is 1. The van der Waals surface area contributed by atoms with E-state index in [1.54, 1.807) is 0 Å². The quantitative estimate of drug-likeness (QED) is 0.779. The van der Waals surface area contributed by atoms with Crippen LogP contribution < -0.4 is 5.32 Å². The van der Waals surface area contributed by atoms with Crippen LogP contribution in [0.3, 0.4) is 0 Å². The van der Waals surface area contributed by atoms with Crippen LogP contribution in [0, 0.1) is 12.8 Å². The molecule has 19 heavy (non-hydrogen) atoms. The number of hydrogen-bond donors (Lipinski definition) is 1. The average Bonchev–Trinajstić information content (AvgIpc) is 3.21. The van der Waals surface area contributed by atoms with Gasteiger partial charge in [0.2, 0.25) is 0 Å². The Labute approximate surface area is 117 Å². The first-order chi connectivity index (χ1) is 9.22. The molecule has 1 aliphatic rings. The van der Waals surface area contributed by atoms with E-state index in [1.165, 1.54) is 18.5 Å². The Morgan fingerprint density at radius 3 is 2.74 bits per heavy atom. The van der Waals surface area contributed by atoms with Gasteiger partial charge in [0.25, 0.3) is 0 Å². The number of rotatable bonds is 8. The van der Waals surface area contributed by atoms with Crippen molar-refractivity contribution < 1.29 is 0 Å². The highest BCUT2D eigenvalue weighted by atomic mass is 15.2. The van der Waals surface area contributed by atoms with Gasteiger partial charge in [0.15, 0.2) is 0 Å². The molecule has 1 aromatic heterocycles. The lowest BCUT2D eigenvalue weighted by atomic mass is 10.1. The van der Waals surface area contributed by atoms with Crippen LogP contribution >= 0.6 is 0 Å². The summed E-state index contributed by atoms with van der Waals surface area (Å²) in [6.45, 7) is 10.8. The largest absolute Gasteiger partial charge is 0.313 e. The molecule has 0 bridgehead atoms. The molecular formula is C16H27N3. The molecule has 1 aliphatic carbocycles. The van der Waals surface area contributed by atoms with Crippen molar-refractivity contribution >= 4 is 0 Å². The molecule has 1 unspecified atom stereocenters. The van der Waals surface area contributed by atoms with Crippen molar-refractivity contribution in [2.45, 2.75) is 46.2 Å². The summed E-state index contributed by atoms with van der Waals surface area (Å²) in [5.41, 5.74) is 2.30. The molecule has 1 N–H and O–H groups in total. The summed E-state index contributed by atoms with van der Waals surface area (Å²) in [6, 6.07) is 6.96. The average molecular weight is 261 g/mol. The maximum Gasteiger partial charge on any atom is 0.0547 e. The van der Waals surface area contributed by atoms with Crippen molar-refractivity contribution in [3.8, 4) is 0 Å². The SMILES string of the molecule is CCNC(CN(CC)Cc1cccc(C)n1)C1CC1. The molecule has 106 valence electrons. The Morgan fingerprint density at radius 2 is 2.16 bits per heavy atom. The molecule has 1 atom stereocenters. The predicted octanol–water partition coefficient (Wildman–Crippen LogP) is 2.60. The second kappa shape index (κ2) is 7.01. The van der Waals surface area contributed by atoms with Crippen LogP contribution in [0.1, 0.15) is 38.1 Å². The Bertz CT molecular complexity index is 387. The van der Waals surface area contributed by atoms with Crippen LogP contribution in [0.25, 0.3) is 0 Å². The fraction of sp³-hybridized carbons (Fsp3) is 0.688. The summed E-state index contributed by atoms with van der Waals surface area (Å²) < 4.78 is 0. The second-order valence-electron chi connectivity index (χ2n) is 5.60. The lowest BCUT2D eigenvalue weighted by Gasteiger charge is -2.27. The molecule has 2 rings (SSSR count). The van der Waals surface area contributed by atoms with E-state index in [-0.39, 0.29) is 0 Å². The number of nitrogens with zero attached hydrogens (tertiary/aromatic N) is 2. The number of hydrogen-bond acceptors (Lipinski definition) is 3. The Kier molecular flexibility index (Phi) is 5.34. The van der Waals surface area contributed by atoms with Crippen LogP contribution in [0.15, 0.2) is 18.2 Å². The molecule has 0 saturated heterocycles. The zero-order valence-corrected chi connectivity index (χ0v) is 12.5. The van der Waals surface area contributed by atoms with Crippen molar-refractivity contribution in [3.05, 3.63) is 29.6 Å². The second-order valence-corrected chi connectivity index (χ2v) is 5.60. The van der Waals surface area contributed by atoms with Gasteiger partial charge in [0, 0.05) is 24.8 Å². The zero-order valence-electron chi connectivity index (χ0n) is 12.5. The van der Waals surface area contributed by atoms with E-state index in [4.69, 9.17) is 0 Å². The number of nitrogens with one attached hydrogen (secondary N) is 1. The van der Waals surface area contributed by atoms with Crippen molar-refractivity contribution in [2.75, 3.05) is 19.6 Å². The van der Waals surface area contributed by atoms with Gasteiger partial charge in [0.1, 0.15) is 0 Å². The molecular weight excluding hydrogens is 234 g/mol. The smallest absolute Gasteiger partial charge is 0.0547 e. The van der Waals surface area contributed by atoms with E-state index in [0.29, 0.717) is 6.04 Å². The van der Waals surface area contributed by atoms with Crippen LogP contribution in [-0.4, -0.2) is 35.6 Å². The van der Waals surface area contributed by atoms with Crippen molar-refractivity contribution in [3.63, 3.8) is 0 Å². The first kappa shape index (κ1) is 14.5. The van der Waals surface area contributed by atoms with Crippen LogP contribution in [-0.2, 0) is 6.54 Å². The summed E-state index contributed by atoms with van der Waals surface area (Å²) in [7, 11) is 0. The summed E-state index contributed by atoms with van der Waals surface area (Å²) in [4.78, 5) is 7.12. The minimum Gasteiger partial charge on any atom is -0.313 e. The van der Waals surface area contributed by atoms with Crippen molar-refractivity contribution in [2.24, 2.45) is 5.92 Å².